The predicted octanol–water partition coefficient (Wildman–Crippen LogP) is 5.77. The van der Waals surface area contributed by atoms with Crippen molar-refractivity contribution >= 4 is 57.5 Å². The van der Waals surface area contributed by atoms with Crippen LogP contribution >= 0.6 is 34.5 Å². The second-order valence-corrected chi connectivity index (χ2v) is 8.86. The van der Waals surface area contributed by atoms with Crippen molar-refractivity contribution in [2.24, 2.45) is 10.1 Å². The molecule has 0 saturated heterocycles. The van der Waals surface area contributed by atoms with E-state index in [-0.39, 0.29) is 5.91 Å². The van der Waals surface area contributed by atoms with Gasteiger partial charge in [-0.3, -0.25) is 9.78 Å². The van der Waals surface area contributed by atoms with E-state index in [9.17, 15) is 4.79 Å². The van der Waals surface area contributed by atoms with Gasteiger partial charge < -0.3 is 4.90 Å². The number of amides is 1. The molecule has 0 saturated carbocycles. The van der Waals surface area contributed by atoms with Crippen molar-refractivity contribution in [2.75, 3.05) is 11.4 Å². The number of fused-ring (bicyclic) bond motifs is 1. The normalized spacial score (nSPS) is 14.9. The zero-order valence-electron chi connectivity index (χ0n) is 17.4. The van der Waals surface area contributed by atoms with Gasteiger partial charge in [-0.05, 0) is 43.3 Å². The van der Waals surface area contributed by atoms with Crippen molar-refractivity contribution < 1.29 is 4.79 Å². The van der Waals surface area contributed by atoms with E-state index >= 15 is 0 Å². The molecule has 0 bridgehead atoms. The summed E-state index contributed by atoms with van der Waals surface area (Å²) in [5.41, 5.74) is 4.01. The van der Waals surface area contributed by atoms with Crippen LogP contribution in [0.2, 0.25) is 10.0 Å². The topological polar surface area (TPSA) is 62.9 Å². The van der Waals surface area contributed by atoms with Gasteiger partial charge in [0.2, 0.25) is 4.80 Å². The van der Waals surface area contributed by atoms with Crippen LogP contribution in [0.5, 0.6) is 0 Å². The van der Waals surface area contributed by atoms with Crippen LogP contribution in [0.1, 0.15) is 12.5 Å². The number of hydrogen-bond donors (Lipinski definition) is 0. The molecule has 1 aliphatic heterocycles. The van der Waals surface area contributed by atoms with Gasteiger partial charge >= 0.3 is 0 Å². The Bertz CT molecular complexity index is 1460. The number of rotatable bonds is 4. The number of carbonyl (C=O) groups is 1. The summed E-state index contributed by atoms with van der Waals surface area (Å²) < 4.78 is 1.65. The van der Waals surface area contributed by atoms with Crippen LogP contribution in [0.4, 0.5) is 11.4 Å². The number of thiazole rings is 1. The molecule has 5 rings (SSSR count). The lowest BCUT2D eigenvalue weighted by Gasteiger charge is -2.13. The first-order chi connectivity index (χ1) is 16.1. The largest absolute Gasteiger partial charge is 0.307 e. The van der Waals surface area contributed by atoms with Gasteiger partial charge in [0, 0.05) is 34.3 Å². The van der Waals surface area contributed by atoms with Gasteiger partial charge in [0.25, 0.3) is 5.91 Å². The predicted molar refractivity (Wildman–Crippen MR) is 134 cm³/mol. The summed E-state index contributed by atoms with van der Waals surface area (Å²) in [6.45, 7) is 2.48. The molecule has 0 aliphatic carbocycles. The third kappa shape index (κ3) is 3.99. The summed E-state index contributed by atoms with van der Waals surface area (Å²) >= 11 is 14.2. The van der Waals surface area contributed by atoms with Crippen molar-refractivity contribution in [3.05, 3.63) is 92.8 Å². The standard InChI is InChI=1S/C24H17Cl2N5OS/c1-2-30-20-8-4-3-7-17(20)22(23(30)32)29-31-21(18-12-15(25)9-10-19(18)26)14-33-24(31)28-16-6-5-11-27-13-16/h3-14H,2H2,1H3. The van der Waals surface area contributed by atoms with E-state index in [1.807, 2.05) is 48.7 Å². The third-order valence-electron chi connectivity index (χ3n) is 5.17. The van der Waals surface area contributed by atoms with E-state index in [4.69, 9.17) is 33.3 Å². The Kier molecular flexibility index (Phi) is 5.85. The highest BCUT2D eigenvalue weighted by molar-refractivity contribution is 7.07. The number of nitrogens with zero attached hydrogens (tertiary/aromatic N) is 5. The maximum atomic E-state index is 13.3. The molecule has 3 heterocycles. The van der Waals surface area contributed by atoms with Gasteiger partial charge in [-0.25, -0.2) is 9.67 Å². The number of hydrogen-bond acceptors (Lipinski definition) is 5. The zero-order valence-corrected chi connectivity index (χ0v) is 19.8. The van der Waals surface area contributed by atoms with E-state index < -0.39 is 0 Å². The summed E-state index contributed by atoms with van der Waals surface area (Å²) in [6.07, 6.45) is 3.35. The second-order valence-electron chi connectivity index (χ2n) is 7.18. The van der Waals surface area contributed by atoms with Crippen molar-refractivity contribution in [3.63, 3.8) is 0 Å². The van der Waals surface area contributed by atoms with E-state index in [0.29, 0.717) is 44.0 Å². The number of pyridine rings is 1. The van der Waals surface area contributed by atoms with E-state index in [1.54, 1.807) is 40.2 Å². The van der Waals surface area contributed by atoms with Gasteiger partial charge in [0.05, 0.1) is 28.3 Å². The lowest BCUT2D eigenvalue weighted by molar-refractivity contribution is -0.112. The summed E-state index contributed by atoms with van der Waals surface area (Å²) in [5.74, 6) is -0.159. The first-order valence-electron chi connectivity index (χ1n) is 10.2. The molecule has 0 unspecified atom stereocenters. The molecule has 1 amide bonds. The first-order valence-corrected chi connectivity index (χ1v) is 11.8. The minimum atomic E-state index is -0.159. The molecule has 6 nitrogen and oxygen atoms in total. The Morgan fingerprint density at radius 3 is 2.70 bits per heavy atom. The van der Waals surface area contributed by atoms with Crippen LogP contribution in [0, 0.1) is 0 Å². The molecular formula is C24H17Cl2N5OS. The Labute approximate surface area is 204 Å². The van der Waals surface area contributed by atoms with Gasteiger partial charge in [-0.1, -0.05) is 41.4 Å². The monoisotopic (exact) mass is 493 g/mol. The van der Waals surface area contributed by atoms with Crippen LogP contribution in [0.25, 0.3) is 11.3 Å². The van der Waals surface area contributed by atoms with Gasteiger partial charge in [0.15, 0.2) is 5.71 Å². The first kappa shape index (κ1) is 21.6. The SMILES string of the molecule is CCN1C(=O)C(=Nn2c(-c3cc(Cl)ccc3Cl)csc2=Nc2cccnc2)c2ccccc21. The Balaban J connectivity index is 1.77. The van der Waals surface area contributed by atoms with Crippen LogP contribution in [-0.4, -0.2) is 27.8 Å². The Morgan fingerprint density at radius 2 is 1.91 bits per heavy atom. The molecule has 0 spiro atoms. The van der Waals surface area contributed by atoms with E-state index in [0.717, 1.165) is 11.3 Å². The molecule has 0 N–H and O–H groups in total. The second kappa shape index (κ2) is 8.94. The lowest BCUT2D eigenvalue weighted by Crippen LogP contribution is -2.30. The van der Waals surface area contributed by atoms with E-state index in [2.05, 4.69) is 4.98 Å². The van der Waals surface area contributed by atoms with Crippen LogP contribution in [-0.2, 0) is 4.79 Å². The fourth-order valence-electron chi connectivity index (χ4n) is 3.66. The molecule has 2 aromatic heterocycles. The molecule has 33 heavy (non-hydrogen) atoms. The molecule has 1 aliphatic rings. The third-order valence-corrected chi connectivity index (χ3v) is 6.56. The Hall–Kier alpha value is -3.26. The number of carbonyl (C=O) groups excluding carboxylic acids is 1. The maximum Gasteiger partial charge on any atom is 0.279 e. The molecule has 0 fully saturated rings. The highest BCUT2D eigenvalue weighted by Gasteiger charge is 2.33. The molecular weight excluding hydrogens is 477 g/mol. The highest BCUT2D eigenvalue weighted by atomic mass is 35.5. The summed E-state index contributed by atoms with van der Waals surface area (Å²) in [6, 6.07) is 16.5. The number of anilines is 1. The van der Waals surface area contributed by atoms with Gasteiger partial charge in [-0.2, -0.15) is 5.10 Å². The number of halogens is 2. The van der Waals surface area contributed by atoms with Crippen LogP contribution in [0.3, 0.4) is 0 Å². The molecule has 4 aromatic rings. The van der Waals surface area contributed by atoms with Crippen molar-refractivity contribution in [1.82, 2.24) is 9.66 Å². The Morgan fingerprint density at radius 1 is 1.06 bits per heavy atom. The van der Waals surface area contributed by atoms with Crippen LogP contribution in [0.15, 0.2) is 82.5 Å². The molecule has 0 atom stereocenters. The molecule has 9 heteroatoms. The lowest BCUT2D eigenvalue weighted by atomic mass is 10.1. The molecule has 2 aromatic carbocycles. The summed E-state index contributed by atoms with van der Waals surface area (Å²) in [4.78, 5) is 24.4. The molecule has 164 valence electrons. The summed E-state index contributed by atoms with van der Waals surface area (Å²) in [7, 11) is 0. The fourth-order valence-corrected chi connectivity index (χ4v) is 4.88. The number of aromatic nitrogens is 2. The fraction of sp³-hybridized carbons (Fsp3) is 0.0833. The van der Waals surface area contributed by atoms with Crippen molar-refractivity contribution in [3.8, 4) is 11.3 Å². The minimum Gasteiger partial charge on any atom is -0.307 e. The quantitative estimate of drug-likeness (QED) is 0.362. The summed E-state index contributed by atoms with van der Waals surface area (Å²) in [5, 5.41) is 7.79. The van der Waals surface area contributed by atoms with Crippen molar-refractivity contribution in [2.45, 2.75) is 6.92 Å². The number of likely N-dealkylation sites (N-methyl/N-ethyl adjacent to an activating group) is 1. The molecule has 0 radical (unpaired) electrons. The van der Waals surface area contributed by atoms with E-state index in [1.165, 1.54) is 11.3 Å². The number of benzene rings is 2. The van der Waals surface area contributed by atoms with Gasteiger partial charge in [0.1, 0.15) is 0 Å². The zero-order chi connectivity index (χ0) is 22.9. The smallest absolute Gasteiger partial charge is 0.279 e. The maximum absolute atomic E-state index is 13.3. The van der Waals surface area contributed by atoms with Gasteiger partial charge in [-0.15, -0.1) is 11.3 Å². The average molecular weight is 494 g/mol. The highest BCUT2D eigenvalue weighted by Crippen LogP contribution is 2.33. The van der Waals surface area contributed by atoms with Crippen molar-refractivity contribution in [1.29, 1.82) is 0 Å². The minimum absolute atomic E-state index is 0.159. The average Bonchev–Trinajstić information content (AvgIpc) is 3.34. The number of para-hydroxylation sites is 1. The van der Waals surface area contributed by atoms with Crippen LogP contribution < -0.4 is 9.70 Å².